The maximum atomic E-state index is 11.4. The van der Waals surface area contributed by atoms with Crippen LogP contribution in [0.25, 0.3) is 6.08 Å². The van der Waals surface area contributed by atoms with Crippen LogP contribution >= 0.6 is 0 Å². The third-order valence-electron chi connectivity index (χ3n) is 2.07. The molecular formula is C12H13NO4. The van der Waals surface area contributed by atoms with Crippen molar-refractivity contribution in [1.29, 1.82) is 0 Å². The van der Waals surface area contributed by atoms with Crippen molar-refractivity contribution < 1.29 is 19.1 Å². The summed E-state index contributed by atoms with van der Waals surface area (Å²) in [5, 5.41) is 0. The van der Waals surface area contributed by atoms with Crippen LogP contribution in [-0.4, -0.2) is 31.1 Å². The van der Waals surface area contributed by atoms with E-state index < -0.39 is 5.97 Å². The molecule has 90 valence electrons. The van der Waals surface area contributed by atoms with Gasteiger partial charge in [0.2, 0.25) is 0 Å². The Balaban J connectivity index is 2.83. The predicted molar refractivity (Wildman–Crippen MR) is 61.2 cm³/mol. The Bertz CT molecular complexity index is 440. The summed E-state index contributed by atoms with van der Waals surface area (Å²) in [6.07, 6.45) is 6.42. The van der Waals surface area contributed by atoms with Gasteiger partial charge in [-0.25, -0.2) is 4.79 Å². The molecule has 0 saturated carbocycles. The summed E-state index contributed by atoms with van der Waals surface area (Å²) in [6, 6.07) is 1.56. The number of nitrogens with zero attached hydrogens (tertiary/aromatic N) is 1. The lowest BCUT2D eigenvalue weighted by Crippen LogP contribution is -2.04. The van der Waals surface area contributed by atoms with Crippen molar-refractivity contribution in [2.45, 2.75) is 6.42 Å². The SMILES string of the molecule is COC(=O)CC=Cc1cnccc1C(=O)OC. The number of pyridine rings is 1. The first-order valence-electron chi connectivity index (χ1n) is 4.94. The van der Waals surface area contributed by atoms with Crippen LogP contribution in [0, 0.1) is 0 Å². The van der Waals surface area contributed by atoms with Gasteiger partial charge < -0.3 is 9.47 Å². The van der Waals surface area contributed by atoms with E-state index >= 15 is 0 Å². The average Bonchev–Trinajstić information content (AvgIpc) is 2.38. The number of hydrogen-bond acceptors (Lipinski definition) is 5. The van der Waals surface area contributed by atoms with Gasteiger partial charge in [-0.05, 0) is 6.07 Å². The van der Waals surface area contributed by atoms with E-state index in [-0.39, 0.29) is 12.4 Å². The topological polar surface area (TPSA) is 65.5 Å². The molecule has 0 N–H and O–H groups in total. The summed E-state index contributed by atoms with van der Waals surface area (Å²) in [7, 11) is 2.63. The molecule has 0 atom stereocenters. The third-order valence-corrected chi connectivity index (χ3v) is 2.07. The smallest absolute Gasteiger partial charge is 0.338 e. The van der Waals surface area contributed by atoms with Crippen molar-refractivity contribution in [3.05, 3.63) is 35.7 Å². The third kappa shape index (κ3) is 3.71. The van der Waals surface area contributed by atoms with Gasteiger partial charge >= 0.3 is 11.9 Å². The van der Waals surface area contributed by atoms with E-state index in [9.17, 15) is 9.59 Å². The summed E-state index contributed by atoms with van der Waals surface area (Å²) in [5.74, 6) is -0.783. The number of rotatable bonds is 4. The van der Waals surface area contributed by atoms with Crippen LogP contribution in [-0.2, 0) is 14.3 Å². The fourth-order valence-electron chi connectivity index (χ4n) is 1.20. The number of ether oxygens (including phenoxy) is 2. The van der Waals surface area contributed by atoms with Crippen molar-refractivity contribution in [3.8, 4) is 0 Å². The van der Waals surface area contributed by atoms with Crippen LogP contribution in [0.5, 0.6) is 0 Å². The number of carbonyl (C=O) groups excluding carboxylic acids is 2. The number of aromatic nitrogens is 1. The van der Waals surface area contributed by atoms with Crippen LogP contribution in [0.15, 0.2) is 24.5 Å². The van der Waals surface area contributed by atoms with Gasteiger partial charge in [0.1, 0.15) is 0 Å². The van der Waals surface area contributed by atoms with Gasteiger partial charge in [0.05, 0.1) is 26.2 Å². The molecular weight excluding hydrogens is 222 g/mol. The normalized spacial score (nSPS) is 10.2. The first-order chi connectivity index (χ1) is 8.19. The molecule has 5 heteroatoms. The van der Waals surface area contributed by atoms with Crippen molar-refractivity contribution in [2.24, 2.45) is 0 Å². The number of methoxy groups -OCH3 is 2. The molecule has 0 bridgehead atoms. The van der Waals surface area contributed by atoms with Crippen molar-refractivity contribution in [1.82, 2.24) is 4.98 Å². The molecule has 0 aliphatic rings. The quantitative estimate of drug-likeness (QED) is 0.739. The zero-order chi connectivity index (χ0) is 12.7. The van der Waals surface area contributed by atoms with Gasteiger partial charge in [0, 0.05) is 18.0 Å². The highest BCUT2D eigenvalue weighted by Gasteiger charge is 2.09. The lowest BCUT2D eigenvalue weighted by molar-refractivity contribution is -0.139. The van der Waals surface area contributed by atoms with Crippen LogP contribution in [0.4, 0.5) is 0 Å². The second-order valence-electron chi connectivity index (χ2n) is 3.14. The number of esters is 2. The predicted octanol–water partition coefficient (Wildman–Crippen LogP) is 1.44. The van der Waals surface area contributed by atoms with Crippen molar-refractivity contribution >= 4 is 18.0 Å². The molecule has 0 radical (unpaired) electrons. The van der Waals surface area contributed by atoms with Gasteiger partial charge in [-0.1, -0.05) is 12.2 Å². The minimum Gasteiger partial charge on any atom is -0.469 e. The van der Waals surface area contributed by atoms with E-state index in [1.165, 1.54) is 26.6 Å². The van der Waals surface area contributed by atoms with Crippen LogP contribution in [0.3, 0.4) is 0 Å². The maximum Gasteiger partial charge on any atom is 0.338 e. The highest BCUT2D eigenvalue weighted by molar-refractivity contribution is 5.93. The van der Waals surface area contributed by atoms with Gasteiger partial charge in [0.15, 0.2) is 0 Å². The Kier molecular flexibility index (Phi) is 4.87. The summed E-state index contributed by atoms with van der Waals surface area (Å²) in [6.45, 7) is 0. The highest BCUT2D eigenvalue weighted by Crippen LogP contribution is 2.10. The minimum absolute atomic E-state index is 0.145. The van der Waals surface area contributed by atoms with Crippen molar-refractivity contribution in [3.63, 3.8) is 0 Å². The van der Waals surface area contributed by atoms with E-state index in [0.29, 0.717) is 11.1 Å². The molecule has 0 spiro atoms. The molecule has 0 amide bonds. The van der Waals surface area contributed by atoms with Crippen LogP contribution < -0.4 is 0 Å². The first kappa shape index (κ1) is 12.9. The fraction of sp³-hybridized carbons (Fsp3) is 0.250. The van der Waals surface area contributed by atoms with E-state index in [2.05, 4.69) is 14.5 Å². The van der Waals surface area contributed by atoms with Gasteiger partial charge in [-0.2, -0.15) is 0 Å². The second kappa shape index (κ2) is 6.42. The molecule has 0 aliphatic carbocycles. The Morgan fingerprint density at radius 3 is 2.76 bits per heavy atom. The minimum atomic E-state index is -0.440. The molecule has 1 aromatic heterocycles. The molecule has 1 aromatic rings. The average molecular weight is 235 g/mol. The highest BCUT2D eigenvalue weighted by atomic mass is 16.5. The largest absolute Gasteiger partial charge is 0.469 e. The summed E-state index contributed by atoms with van der Waals surface area (Å²) < 4.78 is 9.12. The molecule has 0 unspecified atom stereocenters. The number of carbonyl (C=O) groups is 2. The maximum absolute atomic E-state index is 11.4. The summed E-state index contributed by atoms with van der Waals surface area (Å²) in [4.78, 5) is 26.2. The zero-order valence-electron chi connectivity index (χ0n) is 9.67. The Morgan fingerprint density at radius 2 is 2.12 bits per heavy atom. The number of hydrogen-bond donors (Lipinski definition) is 0. The molecule has 17 heavy (non-hydrogen) atoms. The molecule has 0 fully saturated rings. The van der Waals surface area contributed by atoms with Gasteiger partial charge in [0.25, 0.3) is 0 Å². The van der Waals surface area contributed by atoms with Crippen LogP contribution in [0.2, 0.25) is 0 Å². The first-order valence-corrected chi connectivity index (χ1v) is 4.94. The standard InChI is InChI=1S/C12H13NO4/c1-16-11(14)5-3-4-9-8-13-7-6-10(9)12(15)17-2/h3-4,6-8H,5H2,1-2H3. The Labute approximate surface area is 99.1 Å². The lowest BCUT2D eigenvalue weighted by Gasteiger charge is -2.02. The monoisotopic (exact) mass is 235 g/mol. The molecule has 1 rings (SSSR count). The van der Waals surface area contributed by atoms with Gasteiger partial charge in [-0.15, -0.1) is 0 Å². The summed E-state index contributed by atoms with van der Waals surface area (Å²) in [5.41, 5.74) is 1.01. The Morgan fingerprint density at radius 1 is 1.35 bits per heavy atom. The Hall–Kier alpha value is -2.17. The van der Waals surface area contributed by atoms with E-state index in [1.807, 2.05) is 0 Å². The molecule has 0 saturated heterocycles. The molecule has 0 aromatic carbocycles. The van der Waals surface area contributed by atoms with E-state index in [0.717, 1.165) is 0 Å². The second-order valence-corrected chi connectivity index (χ2v) is 3.14. The zero-order valence-corrected chi connectivity index (χ0v) is 9.67. The fourth-order valence-corrected chi connectivity index (χ4v) is 1.20. The van der Waals surface area contributed by atoms with Crippen LogP contribution in [0.1, 0.15) is 22.3 Å². The van der Waals surface area contributed by atoms with E-state index in [1.54, 1.807) is 18.2 Å². The molecule has 1 heterocycles. The lowest BCUT2D eigenvalue weighted by atomic mass is 10.1. The van der Waals surface area contributed by atoms with Crippen molar-refractivity contribution in [2.75, 3.05) is 14.2 Å². The van der Waals surface area contributed by atoms with E-state index in [4.69, 9.17) is 0 Å². The summed E-state index contributed by atoms with van der Waals surface area (Å²) >= 11 is 0. The van der Waals surface area contributed by atoms with Gasteiger partial charge in [-0.3, -0.25) is 9.78 Å². The molecule has 5 nitrogen and oxygen atoms in total. The molecule has 0 aliphatic heterocycles.